The van der Waals surface area contributed by atoms with Gasteiger partial charge in [-0.25, -0.2) is 8.42 Å². The third-order valence-corrected chi connectivity index (χ3v) is 6.82. The maximum atomic E-state index is 13.2. The van der Waals surface area contributed by atoms with Gasteiger partial charge in [-0.05, 0) is 42.8 Å². The van der Waals surface area contributed by atoms with Crippen molar-refractivity contribution in [1.82, 2.24) is 0 Å². The van der Waals surface area contributed by atoms with Gasteiger partial charge in [-0.15, -0.1) is 0 Å². The molecule has 0 unspecified atom stereocenters. The smallest absolute Gasteiger partial charge is 0.416 e. The molecule has 0 atom stereocenters. The Kier molecular flexibility index (Phi) is 8.82. The standard InChI is InChI=1S/C26H23F3N2O5S/c1-19-10-12-23(13-11-19)37(34,35)15-14-25(33)36-18-24(32)31(30-17-20-6-3-2-4-7-20)22-9-5-8-21(16-22)26(27,28)29/h2-13,16-17H,14-15,18H2,1H3/b30-17-. The van der Waals surface area contributed by atoms with E-state index in [2.05, 4.69) is 5.10 Å². The lowest BCUT2D eigenvalue weighted by atomic mass is 10.2. The zero-order valence-electron chi connectivity index (χ0n) is 19.7. The molecule has 11 heteroatoms. The second-order valence-electron chi connectivity index (χ2n) is 7.95. The van der Waals surface area contributed by atoms with E-state index in [9.17, 15) is 31.2 Å². The van der Waals surface area contributed by atoms with Crippen molar-refractivity contribution in [1.29, 1.82) is 0 Å². The number of sulfone groups is 1. The topological polar surface area (TPSA) is 93.1 Å². The van der Waals surface area contributed by atoms with E-state index in [4.69, 9.17) is 4.74 Å². The number of benzene rings is 3. The van der Waals surface area contributed by atoms with Gasteiger partial charge in [0.2, 0.25) is 0 Å². The number of ether oxygens (including phenoxy) is 1. The molecule has 0 fully saturated rings. The summed E-state index contributed by atoms with van der Waals surface area (Å²) in [4.78, 5) is 25.0. The quantitative estimate of drug-likeness (QED) is 0.225. The van der Waals surface area contributed by atoms with E-state index in [1.54, 1.807) is 49.4 Å². The van der Waals surface area contributed by atoms with E-state index < -0.39 is 52.2 Å². The van der Waals surface area contributed by atoms with Gasteiger partial charge in [-0.2, -0.15) is 23.3 Å². The number of esters is 1. The van der Waals surface area contributed by atoms with Crippen molar-refractivity contribution in [2.45, 2.75) is 24.4 Å². The van der Waals surface area contributed by atoms with Gasteiger partial charge in [-0.3, -0.25) is 9.59 Å². The summed E-state index contributed by atoms with van der Waals surface area (Å²) in [7, 11) is -3.75. The molecule has 3 rings (SSSR count). The van der Waals surface area contributed by atoms with Gasteiger partial charge < -0.3 is 4.74 Å². The fourth-order valence-corrected chi connectivity index (χ4v) is 4.33. The van der Waals surface area contributed by atoms with E-state index in [-0.39, 0.29) is 10.6 Å². The van der Waals surface area contributed by atoms with Gasteiger partial charge in [0.25, 0.3) is 5.91 Å². The number of carbonyl (C=O) groups is 2. The second kappa shape index (κ2) is 11.8. The lowest BCUT2D eigenvalue weighted by Gasteiger charge is -2.18. The lowest BCUT2D eigenvalue weighted by molar-refractivity contribution is -0.147. The Morgan fingerprint density at radius 3 is 2.30 bits per heavy atom. The zero-order valence-corrected chi connectivity index (χ0v) is 20.5. The predicted octanol–water partition coefficient (Wildman–Crippen LogP) is 4.79. The minimum Gasteiger partial charge on any atom is -0.455 e. The Labute approximate surface area is 212 Å². The largest absolute Gasteiger partial charge is 0.455 e. The van der Waals surface area contributed by atoms with Crippen molar-refractivity contribution in [3.8, 4) is 0 Å². The second-order valence-corrected chi connectivity index (χ2v) is 10.1. The summed E-state index contributed by atoms with van der Waals surface area (Å²) in [5.41, 5.74) is 0.267. The third kappa shape index (κ3) is 8.01. The maximum Gasteiger partial charge on any atom is 0.416 e. The van der Waals surface area contributed by atoms with E-state index in [0.717, 1.165) is 23.8 Å². The number of nitrogens with zero attached hydrogens (tertiary/aromatic N) is 2. The molecular formula is C26H23F3N2O5S. The fraction of sp³-hybridized carbons (Fsp3) is 0.192. The fourth-order valence-electron chi connectivity index (χ4n) is 3.11. The van der Waals surface area contributed by atoms with Crippen molar-refractivity contribution in [2.75, 3.05) is 17.4 Å². The van der Waals surface area contributed by atoms with Crippen LogP contribution in [0.25, 0.3) is 0 Å². The van der Waals surface area contributed by atoms with Crippen LogP contribution in [0.3, 0.4) is 0 Å². The first kappa shape index (κ1) is 27.6. The molecule has 0 aromatic heterocycles. The van der Waals surface area contributed by atoms with Crippen molar-refractivity contribution < 1.29 is 35.9 Å². The summed E-state index contributed by atoms with van der Waals surface area (Å²) >= 11 is 0. The van der Waals surface area contributed by atoms with Gasteiger partial charge in [0, 0.05) is 0 Å². The summed E-state index contributed by atoms with van der Waals surface area (Å²) in [5, 5.41) is 4.69. The molecule has 0 aliphatic heterocycles. The molecule has 0 N–H and O–H groups in total. The number of hydrazone groups is 1. The molecule has 0 spiro atoms. The lowest BCUT2D eigenvalue weighted by Crippen LogP contribution is -2.31. The van der Waals surface area contributed by atoms with E-state index in [1.807, 2.05) is 0 Å². The van der Waals surface area contributed by atoms with Crippen molar-refractivity contribution >= 4 is 33.6 Å². The number of carbonyl (C=O) groups excluding carboxylic acids is 2. The first-order valence-corrected chi connectivity index (χ1v) is 12.7. The van der Waals surface area contributed by atoms with E-state index in [0.29, 0.717) is 10.6 Å². The molecule has 0 saturated heterocycles. The molecule has 0 saturated carbocycles. The summed E-state index contributed by atoms with van der Waals surface area (Å²) in [6, 6.07) is 18.6. The summed E-state index contributed by atoms with van der Waals surface area (Å²) < 4.78 is 69.4. The van der Waals surface area contributed by atoms with Crippen LogP contribution in [0.2, 0.25) is 0 Å². The van der Waals surface area contributed by atoms with Crippen LogP contribution >= 0.6 is 0 Å². The van der Waals surface area contributed by atoms with Crippen LogP contribution in [0.1, 0.15) is 23.1 Å². The maximum absolute atomic E-state index is 13.2. The van der Waals surface area contributed by atoms with E-state index >= 15 is 0 Å². The SMILES string of the molecule is Cc1ccc(S(=O)(=O)CCC(=O)OCC(=O)N(/N=C\c2ccccc2)c2cccc(C(F)(F)F)c2)cc1. The Hall–Kier alpha value is -3.99. The molecule has 0 aliphatic carbocycles. The van der Waals surface area contributed by atoms with Crippen LogP contribution in [-0.2, 0) is 30.3 Å². The van der Waals surface area contributed by atoms with Crippen LogP contribution < -0.4 is 5.01 Å². The van der Waals surface area contributed by atoms with E-state index in [1.165, 1.54) is 24.4 Å². The van der Waals surface area contributed by atoms with Crippen molar-refractivity contribution in [2.24, 2.45) is 5.10 Å². The molecule has 1 amide bonds. The van der Waals surface area contributed by atoms with Crippen LogP contribution in [0.4, 0.5) is 18.9 Å². The number of aryl methyl sites for hydroxylation is 1. The molecule has 0 bridgehead atoms. The molecule has 37 heavy (non-hydrogen) atoms. The number of amides is 1. The average Bonchev–Trinajstić information content (AvgIpc) is 2.87. The zero-order chi connectivity index (χ0) is 27.1. The monoisotopic (exact) mass is 532 g/mol. The number of rotatable bonds is 9. The van der Waals surface area contributed by atoms with Gasteiger partial charge in [-0.1, -0.05) is 54.1 Å². The van der Waals surface area contributed by atoms with Crippen LogP contribution in [0.5, 0.6) is 0 Å². The average molecular weight is 533 g/mol. The summed E-state index contributed by atoms with van der Waals surface area (Å²) in [6.07, 6.45) is -3.89. The number of alkyl halides is 3. The molecule has 0 heterocycles. The number of hydrogen-bond acceptors (Lipinski definition) is 6. The van der Waals surface area contributed by atoms with Gasteiger partial charge in [0.05, 0.1) is 34.5 Å². The van der Waals surface area contributed by atoms with Crippen molar-refractivity contribution in [3.05, 3.63) is 95.6 Å². The highest BCUT2D eigenvalue weighted by atomic mass is 32.2. The minimum atomic E-state index is -4.65. The van der Waals surface area contributed by atoms with Gasteiger partial charge >= 0.3 is 12.1 Å². The first-order chi connectivity index (χ1) is 17.5. The molecule has 194 valence electrons. The molecule has 3 aromatic rings. The molecular weight excluding hydrogens is 509 g/mol. The highest BCUT2D eigenvalue weighted by Gasteiger charge is 2.31. The molecule has 0 radical (unpaired) electrons. The van der Waals surface area contributed by atoms with Gasteiger partial charge in [0.1, 0.15) is 0 Å². The summed E-state index contributed by atoms with van der Waals surface area (Å²) in [5.74, 6) is -2.42. The Morgan fingerprint density at radius 1 is 0.973 bits per heavy atom. The molecule has 0 aliphatic rings. The number of anilines is 1. The number of halogens is 3. The summed E-state index contributed by atoms with van der Waals surface area (Å²) in [6.45, 7) is 0.948. The first-order valence-electron chi connectivity index (χ1n) is 11.0. The highest BCUT2D eigenvalue weighted by Crippen LogP contribution is 2.31. The van der Waals surface area contributed by atoms with Crippen LogP contribution in [0, 0.1) is 6.92 Å². The predicted molar refractivity (Wildman–Crippen MR) is 132 cm³/mol. The molecule has 3 aromatic carbocycles. The van der Waals surface area contributed by atoms with Gasteiger partial charge in [0.15, 0.2) is 16.4 Å². The van der Waals surface area contributed by atoms with Crippen molar-refractivity contribution in [3.63, 3.8) is 0 Å². The highest BCUT2D eigenvalue weighted by molar-refractivity contribution is 7.91. The normalized spacial score (nSPS) is 11.9. The number of hydrogen-bond donors (Lipinski definition) is 0. The molecule has 7 nitrogen and oxygen atoms in total. The van der Waals surface area contributed by atoms with Crippen LogP contribution in [0.15, 0.2) is 88.9 Å². The van der Waals surface area contributed by atoms with Crippen LogP contribution in [-0.4, -0.2) is 38.9 Å². The Morgan fingerprint density at radius 2 is 1.65 bits per heavy atom. The Balaban J connectivity index is 1.70. The Bertz CT molecular complexity index is 1370. The third-order valence-electron chi connectivity index (χ3n) is 5.09. The minimum absolute atomic E-state index is 0.0490.